The number of rotatable bonds is 9. The predicted molar refractivity (Wildman–Crippen MR) is 132 cm³/mol. The van der Waals surface area contributed by atoms with Gasteiger partial charge in [0.05, 0.1) is 24.0 Å². The molecule has 1 saturated heterocycles. The summed E-state index contributed by atoms with van der Waals surface area (Å²) in [4.78, 5) is 9.90. The number of aliphatic hydroxyl groups excluding tert-OH is 1. The summed E-state index contributed by atoms with van der Waals surface area (Å²) in [5.41, 5.74) is 5.70. The summed E-state index contributed by atoms with van der Waals surface area (Å²) in [6.07, 6.45) is 0.356. The minimum atomic E-state index is -0.586. The zero-order chi connectivity index (χ0) is 24.2. The molecule has 3 N–H and O–H groups in total. The Labute approximate surface area is 200 Å². The molecule has 9 nitrogen and oxygen atoms in total. The highest BCUT2D eigenvalue weighted by atomic mass is 16.5. The average molecular weight is 467 g/mol. The van der Waals surface area contributed by atoms with Crippen LogP contribution in [0.4, 0.5) is 5.82 Å². The summed E-state index contributed by atoms with van der Waals surface area (Å²) >= 11 is 0. The van der Waals surface area contributed by atoms with Gasteiger partial charge in [-0.15, -0.1) is 0 Å². The van der Waals surface area contributed by atoms with Crippen molar-refractivity contribution < 1.29 is 14.6 Å². The molecule has 0 bridgehead atoms. The van der Waals surface area contributed by atoms with Crippen LogP contribution in [0.2, 0.25) is 0 Å². The van der Waals surface area contributed by atoms with Gasteiger partial charge < -0.3 is 25.2 Å². The van der Waals surface area contributed by atoms with Gasteiger partial charge in [0.15, 0.2) is 5.82 Å². The van der Waals surface area contributed by atoms with Gasteiger partial charge in [0.25, 0.3) is 0 Å². The lowest BCUT2D eigenvalue weighted by molar-refractivity contribution is 0.108. The maximum atomic E-state index is 9.98. The van der Waals surface area contributed by atoms with Gasteiger partial charge in [-0.1, -0.05) is 12.1 Å². The number of likely N-dealkylation sites (N-methyl/N-ethyl adjacent to an activating group) is 1. The Bertz CT molecular complexity index is 1140. The summed E-state index contributed by atoms with van der Waals surface area (Å²) in [5, 5.41) is 21.1. The minimum absolute atomic E-state index is 0.201. The monoisotopic (exact) mass is 466 g/mol. The standard InChI is InChI=1S/C25H34N6O3/c1-15-23(22-16(2)30-31(5)17(22)3)28-25(29-24(15)27-19-9-10-33-13-19)18-7-6-8-21(11-18)34-14-20(32)12-26-4/h6-8,11,19-20,26,32H,9-10,12-14H2,1-5H3,(H,27,28,29)/t19-,20?/m1/s1. The number of nitrogens with one attached hydrogen (secondary N) is 2. The fourth-order valence-corrected chi connectivity index (χ4v) is 4.20. The highest BCUT2D eigenvalue weighted by Gasteiger charge is 2.23. The van der Waals surface area contributed by atoms with Crippen LogP contribution < -0.4 is 15.4 Å². The van der Waals surface area contributed by atoms with Gasteiger partial charge in [0.1, 0.15) is 24.3 Å². The maximum absolute atomic E-state index is 9.98. The molecule has 3 heterocycles. The third-order valence-electron chi connectivity index (χ3n) is 6.14. The first kappa shape index (κ1) is 24.1. The number of benzene rings is 1. The summed E-state index contributed by atoms with van der Waals surface area (Å²) in [7, 11) is 3.74. The first-order valence-electron chi connectivity index (χ1n) is 11.7. The first-order chi connectivity index (χ1) is 16.4. The molecule has 0 spiro atoms. The summed E-state index contributed by atoms with van der Waals surface area (Å²) in [6, 6.07) is 7.88. The Hall–Kier alpha value is -3.01. The summed E-state index contributed by atoms with van der Waals surface area (Å²) < 4.78 is 13.3. The Balaban J connectivity index is 1.74. The number of anilines is 1. The fraction of sp³-hybridized carbons (Fsp3) is 0.480. The van der Waals surface area contributed by atoms with E-state index >= 15 is 0 Å². The van der Waals surface area contributed by atoms with Crippen LogP contribution in [-0.2, 0) is 11.8 Å². The topological polar surface area (TPSA) is 106 Å². The average Bonchev–Trinajstić information content (AvgIpc) is 3.42. The lowest BCUT2D eigenvalue weighted by Crippen LogP contribution is -2.29. The van der Waals surface area contributed by atoms with Gasteiger partial charge >= 0.3 is 0 Å². The van der Waals surface area contributed by atoms with E-state index in [1.165, 1.54) is 0 Å². The van der Waals surface area contributed by atoms with E-state index in [4.69, 9.17) is 19.4 Å². The van der Waals surface area contributed by atoms with Crippen molar-refractivity contribution in [1.29, 1.82) is 0 Å². The molecule has 4 rings (SSSR count). The van der Waals surface area contributed by atoms with Gasteiger partial charge in [-0.2, -0.15) is 5.10 Å². The Morgan fingerprint density at radius 2 is 2.09 bits per heavy atom. The van der Waals surface area contributed by atoms with Crippen LogP contribution in [0.1, 0.15) is 23.4 Å². The molecular formula is C25H34N6O3. The number of nitrogens with zero attached hydrogens (tertiary/aromatic N) is 4. The van der Waals surface area contributed by atoms with E-state index in [-0.39, 0.29) is 12.6 Å². The normalized spacial score (nSPS) is 16.6. The molecule has 1 unspecified atom stereocenters. The number of aromatic nitrogens is 4. The van der Waals surface area contributed by atoms with Crippen molar-refractivity contribution in [3.63, 3.8) is 0 Å². The van der Waals surface area contributed by atoms with Gasteiger partial charge in [-0.25, -0.2) is 9.97 Å². The second-order valence-electron chi connectivity index (χ2n) is 8.79. The molecule has 0 saturated carbocycles. The molecule has 1 fully saturated rings. The maximum Gasteiger partial charge on any atom is 0.162 e. The van der Waals surface area contributed by atoms with E-state index in [9.17, 15) is 5.11 Å². The molecule has 2 aromatic heterocycles. The van der Waals surface area contributed by atoms with E-state index in [0.29, 0.717) is 24.7 Å². The third-order valence-corrected chi connectivity index (χ3v) is 6.14. The lowest BCUT2D eigenvalue weighted by atomic mass is 10.0. The predicted octanol–water partition coefficient (Wildman–Crippen LogP) is 2.63. The molecule has 9 heteroatoms. The fourth-order valence-electron chi connectivity index (χ4n) is 4.20. The van der Waals surface area contributed by atoms with Crippen molar-refractivity contribution in [2.45, 2.75) is 39.3 Å². The smallest absolute Gasteiger partial charge is 0.162 e. The van der Waals surface area contributed by atoms with Crippen LogP contribution in [0.25, 0.3) is 22.6 Å². The van der Waals surface area contributed by atoms with E-state index in [2.05, 4.69) is 22.7 Å². The second kappa shape index (κ2) is 10.5. The van der Waals surface area contributed by atoms with Crippen LogP contribution in [0.3, 0.4) is 0 Å². The van der Waals surface area contributed by atoms with Crippen LogP contribution >= 0.6 is 0 Å². The van der Waals surface area contributed by atoms with Crippen LogP contribution in [0.5, 0.6) is 5.75 Å². The zero-order valence-corrected chi connectivity index (χ0v) is 20.6. The molecule has 34 heavy (non-hydrogen) atoms. The second-order valence-corrected chi connectivity index (χ2v) is 8.79. The lowest BCUT2D eigenvalue weighted by Gasteiger charge is -2.18. The van der Waals surface area contributed by atoms with Crippen molar-refractivity contribution >= 4 is 5.82 Å². The van der Waals surface area contributed by atoms with Crippen molar-refractivity contribution in [1.82, 2.24) is 25.1 Å². The molecular weight excluding hydrogens is 432 g/mol. The molecule has 1 aliphatic heterocycles. The van der Waals surface area contributed by atoms with Gasteiger partial charge in [-0.3, -0.25) is 4.68 Å². The third kappa shape index (κ3) is 5.22. The van der Waals surface area contributed by atoms with E-state index < -0.39 is 6.10 Å². The molecule has 1 aromatic carbocycles. The molecule has 2 atom stereocenters. The molecule has 0 aliphatic carbocycles. The molecule has 3 aromatic rings. The van der Waals surface area contributed by atoms with Crippen LogP contribution in [0.15, 0.2) is 24.3 Å². The first-order valence-corrected chi connectivity index (χ1v) is 11.7. The molecule has 0 amide bonds. The molecule has 0 radical (unpaired) electrons. The highest BCUT2D eigenvalue weighted by Crippen LogP contribution is 2.34. The number of hydrogen-bond acceptors (Lipinski definition) is 8. The molecule has 1 aliphatic rings. The number of aryl methyl sites for hydroxylation is 2. The quantitative estimate of drug-likeness (QED) is 0.442. The molecule has 182 valence electrons. The van der Waals surface area contributed by atoms with Crippen LogP contribution in [-0.4, -0.2) is 70.4 Å². The zero-order valence-electron chi connectivity index (χ0n) is 20.6. The van der Waals surface area contributed by atoms with Gasteiger partial charge in [0, 0.05) is 42.6 Å². The Morgan fingerprint density at radius 3 is 2.76 bits per heavy atom. The number of aliphatic hydroxyl groups is 1. The minimum Gasteiger partial charge on any atom is -0.491 e. The number of ether oxygens (including phenoxy) is 2. The summed E-state index contributed by atoms with van der Waals surface area (Å²) in [6.45, 7) is 8.19. The van der Waals surface area contributed by atoms with Crippen molar-refractivity contribution in [2.24, 2.45) is 7.05 Å². The van der Waals surface area contributed by atoms with Crippen LogP contribution in [0, 0.1) is 20.8 Å². The Morgan fingerprint density at radius 1 is 1.26 bits per heavy atom. The van der Waals surface area contributed by atoms with Crippen molar-refractivity contribution in [3.05, 3.63) is 41.2 Å². The van der Waals surface area contributed by atoms with E-state index in [0.717, 1.165) is 52.6 Å². The van der Waals surface area contributed by atoms with Gasteiger partial charge in [-0.05, 0) is 46.4 Å². The van der Waals surface area contributed by atoms with E-state index in [1.807, 2.05) is 49.8 Å². The number of hydrogen-bond donors (Lipinski definition) is 3. The van der Waals surface area contributed by atoms with Crippen molar-refractivity contribution in [2.75, 3.05) is 38.7 Å². The SMILES string of the molecule is CNCC(O)COc1cccc(-c2nc(N[C@@H]3CCOC3)c(C)c(-c3c(C)nn(C)c3C)n2)c1. The van der Waals surface area contributed by atoms with E-state index in [1.54, 1.807) is 7.05 Å². The summed E-state index contributed by atoms with van der Waals surface area (Å²) in [5.74, 6) is 2.06. The largest absolute Gasteiger partial charge is 0.491 e. The van der Waals surface area contributed by atoms with Crippen molar-refractivity contribution in [3.8, 4) is 28.4 Å². The van der Waals surface area contributed by atoms with Gasteiger partial charge in [0.2, 0.25) is 0 Å². The highest BCUT2D eigenvalue weighted by molar-refractivity contribution is 5.75. The Kier molecular flexibility index (Phi) is 7.45.